The zero-order chi connectivity index (χ0) is 36.9. The largest absolute Gasteiger partial charge is 0.416 e. The van der Waals surface area contributed by atoms with Gasteiger partial charge in [0.15, 0.2) is 0 Å². The number of rotatable bonds is 2. The van der Waals surface area contributed by atoms with Crippen LogP contribution in [0.15, 0.2) is 53.5 Å². The number of benzene rings is 2. The van der Waals surface area contributed by atoms with Gasteiger partial charge in [-0.05, 0) is 104 Å². The lowest BCUT2D eigenvalue weighted by Gasteiger charge is -2.42. The van der Waals surface area contributed by atoms with Crippen LogP contribution < -0.4 is 16.0 Å². The standard InChI is InChI=1S/C19H25F3N2O.C19H23F3N2O/c2*1-17(2,3)13-7-9-18(10-8-13)23-15(16(25)24-18)12-5-4-6-14(11-12)19(20,21)22/h4-6,11,13,15,23H,7-10H2,1-3H3,(H,24,25);4-6,11,13H,7-10H2,1-3H3,(H,24,25). The number of carbonyl (C=O) groups is 2. The number of nitrogens with zero attached hydrogens (tertiary/aromatic N) is 1. The lowest BCUT2D eigenvalue weighted by molar-refractivity contribution is -0.138. The van der Waals surface area contributed by atoms with Crippen LogP contribution in [0.5, 0.6) is 0 Å². The summed E-state index contributed by atoms with van der Waals surface area (Å²) in [5, 5.41) is 9.24. The minimum atomic E-state index is -4.44. The topological polar surface area (TPSA) is 82.6 Å². The first-order chi connectivity index (χ1) is 23.0. The van der Waals surface area contributed by atoms with Gasteiger partial charge in [0.1, 0.15) is 17.4 Å². The molecule has 6 nitrogen and oxygen atoms in total. The highest BCUT2D eigenvalue weighted by atomic mass is 19.4. The van der Waals surface area contributed by atoms with Crippen molar-refractivity contribution in [2.75, 3.05) is 0 Å². The average molecular weight is 707 g/mol. The maximum atomic E-state index is 12.9. The van der Waals surface area contributed by atoms with Crippen LogP contribution in [0.2, 0.25) is 0 Å². The summed E-state index contributed by atoms with van der Waals surface area (Å²) >= 11 is 0. The van der Waals surface area contributed by atoms with E-state index in [1.165, 1.54) is 18.2 Å². The molecular formula is C38H48F6N4O2. The van der Waals surface area contributed by atoms with E-state index in [0.29, 0.717) is 17.4 Å². The van der Waals surface area contributed by atoms with Crippen molar-refractivity contribution in [1.29, 1.82) is 0 Å². The van der Waals surface area contributed by atoms with Gasteiger partial charge in [-0.15, -0.1) is 0 Å². The van der Waals surface area contributed by atoms with Gasteiger partial charge in [-0.1, -0.05) is 65.8 Å². The van der Waals surface area contributed by atoms with Gasteiger partial charge in [0.05, 0.1) is 16.8 Å². The minimum Gasteiger partial charge on any atom is -0.336 e. The Morgan fingerprint density at radius 1 is 0.680 bits per heavy atom. The van der Waals surface area contributed by atoms with E-state index < -0.39 is 40.8 Å². The molecule has 6 rings (SSSR count). The molecule has 1 unspecified atom stereocenters. The number of hydrogen-bond acceptors (Lipinski definition) is 4. The number of halogens is 6. The molecule has 2 spiro atoms. The van der Waals surface area contributed by atoms with Crippen LogP contribution in [0.3, 0.4) is 0 Å². The highest BCUT2D eigenvalue weighted by Gasteiger charge is 2.48. The smallest absolute Gasteiger partial charge is 0.336 e. The summed E-state index contributed by atoms with van der Waals surface area (Å²) in [4.78, 5) is 29.4. The molecule has 2 amide bonds. The Bertz CT molecular complexity index is 1600. The van der Waals surface area contributed by atoms with E-state index in [1.807, 2.05) is 0 Å². The molecular weight excluding hydrogens is 658 g/mol. The quantitative estimate of drug-likeness (QED) is 0.273. The molecule has 0 bridgehead atoms. The highest BCUT2D eigenvalue weighted by Crippen LogP contribution is 2.45. The van der Waals surface area contributed by atoms with Crippen molar-refractivity contribution in [2.45, 2.75) is 123 Å². The summed E-state index contributed by atoms with van der Waals surface area (Å²) in [6.45, 7) is 13.3. The fraction of sp³-hybridized carbons (Fsp3) is 0.605. The molecule has 2 aromatic rings. The fourth-order valence-electron chi connectivity index (χ4n) is 7.86. The predicted molar refractivity (Wildman–Crippen MR) is 180 cm³/mol. The van der Waals surface area contributed by atoms with Gasteiger partial charge in [-0.3, -0.25) is 19.9 Å². The van der Waals surface area contributed by atoms with Crippen molar-refractivity contribution < 1.29 is 35.9 Å². The van der Waals surface area contributed by atoms with E-state index in [9.17, 15) is 35.9 Å². The van der Waals surface area contributed by atoms with Gasteiger partial charge in [-0.2, -0.15) is 26.3 Å². The number of amides is 2. The summed E-state index contributed by atoms with van der Waals surface area (Å²) in [6.07, 6.45) is -1.91. The first-order valence-corrected chi connectivity index (χ1v) is 17.4. The molecule has 3 N–H and O–H groups in total. The van der Waals surface area contributed by atoms with Crippen LogP contribution in [-0.2, 0) is 21.9 Å². The summed E-state index contributed by atoms with van der Waals surface area (Å²) in [5.74, 6) is 0.523. The van der Waals surface area contributed by atoms with E-state index in [1.54, 1.807) is 6.07 Å². The van der Waals surface area contributed by atoms with E-state index >= 15 is 0 Å². The van der Waals surface area contributed by atoms with E-state index in [0.717, 1.165) is 75.6 Å². The van der Waals surface area contributed by atoms with E-state index in [2.05, 4.69) is 62.5 Å². The van der Waals surface area contributed by atoms with Crippen LogP contribution in [0.1, 0.15) is 121 Å². The fourth-order valence-corrected chi connectivity index (χ4v) is 7.86. The normalized spacial score (nSPS) is 29.0. The van der Waals surface area contributed by atoms with Crippen molar-refractivity contribution in [2.24, 2.45) is 27.7 Å². The summed E-state index contributed by atoms with van der Waals surface area (Å²) in [6, 6.07) is 9.12. The Morgan fingerprint density at radius 2 is 1.18 bits per heavy atom. The zero-order valence-electron chi connectivity index (χ0n) is 29.5. The molecule has 3 fully saturated rings. The molecule has 12 heteroatoms. The number of alkyl halides is 6. The summed E-state index contributed by atoms with van der Waals surface area (Å²) < 4.78 is 77.5. The second-order valence-electron chi connectivity index (χ2n) is 16.6. The van der Waals surface area contributed by atoms with Gasteiger partial charge in [0, 0.05) is 5.56 Å². The van der Waals surface area contributed by atoms with Crippen LogP contribution >= 0.6 is 0 Å². The molecule has 1 saturated heterocycles. The van der Waals surface area contributed by atoms with Crippen molar-refractivity contribution in [3.63, 3.8) is 0 Å². The summed E-state index contributed by atoms with van der Waals surface area (Å²) in [7, 11) is 0. The summed E-state index contributed by atoms with van der Waals surface area (Å²) in [5.41, 5.74) is -1.50. The molecule has 2 aliphatic carbocycles. The first-order valence-electron chi connectivity index (χ1n) is 17.4. The second kappa shape index (κ2) is 13.3. The van der Waals surface area contributed by atoms with Crippen molar-refractivity contribution in [1.82, 2.24) is 16.0 Å². The van der Waals surface area contributed by atoms with Crippen molar-refractivity contribution in [3.05, 3.63) is 70.8 Å². The van der Waals surface area contributed by atoms with Crippen LogP contribution in [-0.4, -0.2) is 28.9 Å². The van der Waals surface area contributed by atoms with Crippen molar-refractivity contribution in [3.8, 4) is 0 Å². The van der Waals surface area contributed by atoms with Crippen LogP contribution in [0, 0.1) is 22.7 Å². The Kier molecular flexibility index (Phi) is 10.1. The maximum absolute atomic E-state index is 12.9. The Balaban J connectivity index is 0.000000194. The molecule has 2 heterocycles. The van der Waals surface area contributed by atoms with Crippen LogP contribution in [0.25, 0.3) is 0 Å². The third kappa shape index (κ3) is 8.37. The zero-order valence-corrected chi connectivity index (χ0v) is 29.5. The first kappa shape index (κ1) is 37.8. The second-order valence-corrected chi connectivity index (χ2v) is 16.6. The Hall–Kier alpha value is -3.41. The van der Waals surface area contributed by atoms with Crippen molar-refractivity contribution >= 4 is 17.5 Å². The molecule has 2 aliphatic heterocycles. The maximum Gasteiger partial charge on any atom is 0.416 e. The monoisotopic (exact) mass is 706 g/mol. The Labute approximate surface area is 290 Å². The molecule has 50 heavy (non-hydrogen) atoms. The predicted octanol–water partition coefficient (Wildman–Crippen LogP) is 8.96. The number of hydrogen-bond donors (Lipinski definition) is 3. The lowest BCUT2D eigenvalue weighted by Crippen LogP contribution is -2.53. The van der Waals surface area contributed by atoms with Gasteiger partial charge in [-0.25, -0.2) is 0 Å². The molecule has 4 aliphatic rings. The van der Waals surface area contributed by atoms with E-state index in [-0.39, 0.29) is 33.9 Å². The third-order valence-corrected chi connectivity index (χ3v) is 11.0. The average Bonchev–Trinajstić information content (AvgIpc) is 3.51. The van der Waals surface area contributed by atoms with Gasteiger partial charge < -0.3 is 10.6 Å². The number of nitrogens with one attached hydrogen (secondary N) is 3. The minimum absolute atomic E-state index is 0.111. The van der Waals surface area contributed by atoms with Crippen LogP contribution in [0.4, 0.5) is 26.3 Å². The molecule has 2 aromatic carbocycles. The molecule has 1 atom stereocenters. The Morgan fingerprint density at radius 3 is 1.70 bits per heavy atom. The third-order valence-electron chi connectivity index (χ3n) is 11.0. The lowest BCUT2D eigenvalue weighted by atomic mass is 9.70. The van der Waals surface area contributed by atoms with E-state index in [4.69, 9.17) is 0 Å². The SMILES string of the molecule is CC(C)(C)C1CCC2(CC1)N=C(c1cccc(C(F)(F)F)c1)C(=O)N2.CC(C)(C)C1CCC2(CC1)NC(=O)C(c1cccc(C(F)(F)F)c1)N2. The van der Waals surface area contributed by atoms with Gasteiger partial charge in [0.25, 0.3) is 5.91 Å². The molecule has 0 radical (unpaired) electrons. The van der Waals surface area contributed by atoms with Gasteiger partial charge in [0.2, 0.25) is 5.91 Å². The molecule has 0 aromatic heterocycles. The molecule has 274 valence electrons. The highest BCUT2D eigenvalue weighted by molar-refractivity contribution is 6.46. The number of aliphatic imine (C=N–C) groups is 1. The number of carbonyl (C=O) groups excluding carboxylic acids is 2. The molecule has 2 saturated carbocycles. The van der Waals surface area contributed by atoms with Gasteiger partial charge >= 0.3 is 12.4 Å².